The standard InChI is InChI=1S/C16H22N4/c1-16(2)9-3-4-15(16)19-14-7-5-13(6-8-14)10-20-12-17-11-18-20/h5-8,11-12,15,19H,3-4,9-10H2,1-2H3. The zero-order valence-corrected chi connectivity index (χ0v) is 12.2. The molecule has 0 amide bonds. The highest BCUT2D eigenvalue weighted by Crippen LogP contribution is 2.38. The van der Waals surface area contributed by atoms with Gasteiger partial charge in [0.25, 0.3) is 0 Å². The van der Waals surface area contributed by atoms with Gasteiger partial charge >= 0.3 is 0 Å². The van der Waals surface area contributed by atoms with Crippen molar-refractivity contribution in [2.45, 2.75) is 45.7 Å². The average molecular weight is 270 g/mol. The SMILES string of the molecule is CC1(C)CCCC1Nc1ccc(Cn2cncn2)cc1. The summed E-state index contributed by atoms with van der Waals surface area (Å²) in [4.78, 5) is 3.96. The van der Waals surface area contributed by atoms with Gasteiger partial charge in [-0.1, -0.05) is 32.4 Å². The lowest BCUT2D eigenvalue weighted by Gasteiger charge is -2.28. The van der Waals surface area contributed by atoms with Crippen LogP contribution in [-0.2, 0) is 6.54 Å². The molecule has 3 rings (SSSR count). The molecule has 1 N–H and O–H groups in total. The van der Waals surface area contributed by atoms with E-state index in [-0.39, 0.29) is 0 Å². The fourth-order valence-electron chi connectivity index (χ4n) is 3.00. The van der Waals surface area contributed by atoms with E-state index in [1.807, 2.05) is 4.68 Å². The molecule has 0 saturated heterocycles. The van der Waals surface area contributed by atoms with Crippen molar-refractivity contribution in [3.8, 4) is 0 Å². The number of aromatic nitrogens is 3. The summed E-state index contributed by atoms with van der Waals surface area (Å²) in [5.74, 6) is 0. The molecule has 1 aliphatic rings. The van der Waals surface area contributed by atoms with Crippen LogP contribution in [0.3, 0.4) is 0 Å². The molecular formula is C16H22N4. The zero-order chi connectivity index (χ0) is 14.0. The summed E-state index contributed by atoms with van der Waals surface area (Å²) in [5.41, 5.74) is 2.86. The number of nitrogens with zero attached hydrogens (tertiary/aromatic N) is 3. The predicted octanol–water partition coefficient (Wildman–Crippen LogP) is 3.32. The summed E-state index contributed by atoms with van der Waals surface area (Å²) in [6, 6.07) is 9.24. The van der Waals surface area contributed by atoms with E-state index in [0.717, 1.165) is 6.54 Å². The molecule has 0 aliphatic heterocycles. The van der Waals surface area contributed by atoms with E-state index in [9.17, 15) is 0 Å². The molecule has 1 saturated carbocycles. The van der Waals surface area contributed by atoms with Gasteiger partial charge in [-0.2, -0.15) is 5.10 Å². The summed E-state index contributed by atoms with van der Waals surface area (Å²) < 4.78 is 1.84. The topological polar surface area (TPSA) is 42.7 Å². The third-order valence-corrected chi connectivity index (χ3v) is 4.36. The minimum atomic E-state index is 0.402. The number of anilines is 1. The number of benzene rings is 1. The van der Waals surface area contributed by atoms with Crippen molar-refractivity contribution in [3.63, 3.8) is 0 Å². The van der Waals surface area contributed by atoms with E-state index in [2.05, 4.69) is 53.5 Å². The first-order valence-corrected chi connectivity index (χ1v) is 7.31. The highest BCUT2D eigenvalue weighted by molar-refractivity contribution is 5.46. The van der Waals surface area contributed by atoms with Crippen molar-refractivity contribution in [1.82, 2.24) is 14.8 Å². The van der Waals surface area contributed by atoms with Crippen molar-refractivity contribution < 1.29 is 0 Å². The third-order valence-electron chi connectivity index (χ3n) is 4.36. The van der Waals surface area contributed by atoms with E-state index in [1.165, 1.54) is 30.5 Å². The molecule has 0 bridgehead atoms. The molecule has 0 spiro atoms. The summed E-state index contributed by atoms with van der Waals surface area (Å²) in [7, 11) is 0. The van der Waals surface area contributed by atoms with Crippen LogP contribution >= 0.6 is 0 Å². The Hall–Kier alpha value is -1.84. The minimum absolute atomic E-state index is 0.402. The van der Waals surface area contributed by atoms with Crippen LogP contribution in [0.2, 0.25) is 0 Å². The van der Waals surface area contributed by atoms with Crippen LogP contribution in [0.25, 0.3) is 0 Å². The van der Waals surface area contributed by atoms with Crippen LogP contribution in [0.15, 0.2) is 36.9 Å². The molecule has 4 heteroatoms. The maximum atomic E-state index is 4.13. The van der Waals surface area contributed by atoms with Crippen molar-refractivity contribution >= 4 is 5.69 Å². The minimum Gasteiger partial charge on any atom is -0.382 e. The first-order chi connectivity index (χ1) is 9.63. The Balaban J connectivity index is 1.64. The van der Waals surface area contributed by atoms with E-state index >= 15 is 0 Å². The Kier molecular flexibility index (Phi) is 3.47. The fourth-order valence-corrected chi connectivity index (χ4v) is 3.00. The summed E-state index contributed by atoms with van der Waals surface area (Å²) >= 11 is 0. The Morgan fingerprint density at radius 3 is 2.70 bits per heavy atom. The molecule has 1 atom stereocenters. The summed E-state index contributed by atoms with van der Waals surface area (Å²) in [6.45, 7) is 5.49. The second-order valence-electron chi connectivity index (χ2n) is 6.37. The summed E-state index contributed by atoms with van der Waals surface area (Å²) in [5, 5.41) is 7.81. The van der Waals surface area contributed by atoms with Crippen LogP contribution in [0, 0.1) is 5.41 Å². The quantitative estimate of drug-likeness (QED) is 0.926. The highest BCUT2D eigenvalue weighted by atomic mass is 15.3. The lowest BCUT2D eigenvalue weighted by atomic mass is 9.87. The van der Waals surface area contributed by atoms with Crippen LogP contribution in [0.5, 0.6) is 0 Å². The van der Waals surface area contributed by atoms with Crippen LogP contribution in [0.4, 0.5) is 5.69 Å². The van der Waals surface area contributed by atoms with E-state index in [0.29, 0.717) is 11.5 Å². The van der Waals surface area contributed by atoms with Gasteiger partial charge in [0.15, 0.2) is 0 Å². The molecule has 2 aromatic rings. The molecule has 20 heavy (non-hydrogen) atoms. The van der Waals surface area contributed by atoms with Gasteiger partial charge < -0.3 is 5.32 Å². The van der Waals surface area contributed by atoms with Gasteiger partial charge in [-0.3, -0.25) is 0 Å². The number of hydrogen-bond acceptors (Lipinski definition) is 3. The van der Waals surface area contributed by atoms with E-state index < -0.39 is 0 Å². The van der Waals surface area contributed by atoms with Crippen molar-refractivity contribution in [2.24, 2.45) is 5.41 Å². The van der Waals surface area contributed by atoms with Gasteiger partial charge in [-0.05, 0) is 36.0 Å². The van der Waals surface area contributed by atoms with Gasteiger partial charge in [-0.15, -0.1) is 0 Å². The van der Waals surface area contributed by atoms with Crippen LogP contribution < -0.4 is 5.32 Å². The smallest absolute Gasteiger partial charge is 0.137 e. The largest absolute Gasteiger partial charge is 0.382 e. The third kappa shape index (κ3) is 2.84. The monoisotopic (exact) mass is 270 g/mol. The fraction of sp³-hybridized carbons (Fsp3) is 0.500. The Labute approximate surface area is 120 Å². The Morgan fingerprint density at radius 1 is 1.30 bits per heavy atom. The molecule has 1 fully saturated rings. The first-order valence-electron chi connectivity index (χ1n) is 7.31. The lowest BCUT2D eigenvalue weighted by Crippen LogP contribution is -2.30. The molecule has 0 radical (unpaired) electrons. The highest BCUT2D eigenvalue weighted by Gasteiger charge is 2.34. The van der Waals surface area contributed by atoms with E-state index in [1.54, 1.807) is 12.7 Å². The van der Waals surface area contributed by atoms with Gasteiger partial charge in [0.1, 0.15) is 12.7 Å². The van der Waals surface area contributed by atoms with Gasteiger partial charge in [0.05, 0.1) is 6.54 Å². The van der Waals surface area contributed by atoms with Gasteiger partial charge in [-0.25, -0.2) is 9.67 Å². The van der Waals surface area contributed by atoms with Gasteiger partial charge in [0, 0.05) is 11.7 Å². The maximum Gasteiger partial charge on any atom is 0.137 e. The van der Waals surface area contributed by atoms with Crippen LogP contribution in [0.1, 0.15) is 38.7 Å². The summed E-state index contributed by atoms with van der Waals surface area (Å²) in [6.07, 6.45) is 7.23. The second-order valence-corrected chi connectivity index (χ2v) is 6.37. The molecule has 4 nitrogen and oxygen atoms in total. The van der Waals surface area contributed by atoms with Gasteiger partial charge in [0.2, 0.25) is 0 Å². The maximum absolute atomic E-state index is 4.13. The van der Waals surface area contributed by atoms with Crippen molar-refractivity contribution in [2.75, 3.05) is 5.32 Å². The van der Waals surface area contributed by atoms with Crippen molar-refractivity contribution in [3.05, 3.63) is 42.5 Å². The average Bonchev–Trinajstić information content (AvgIpc) is 3.03. The van der Waals surface area contributed by atoms with Crippen LogP contribution in [-0.4, -0.2) is 20.8 Å². The zero-order valence-electron chi connectivity index (χ0n) is 12.2. The molecule has 1 heterocycles. The van der Waals surface area contributed by atoms with Crippen molar-refractivity contribution in [1.29, 1.82) is 0 Å². The number of nitrogens with one attached hydrogen (secondary N) is 1. The molecule has 106 valence electrons. The molecule has 1 aliphatic carbocycles. The Bertz CT molecular complexity index is 542. The number of rotatable bonds is 4. The van der Waals surface area contributed by atoms with E-state index in [4.69, 9.17) is 0 Å². The molecule has 1 aromatic carbocycles. The molecular weight excluding hydrogens is 248 g/mol. The number of hydrogen-bond donors (Lipinski definition) is 1. The lowest BCUT2D eigenvalue weighted by molar-refractivity contribution is 0.350. The second kappa shape index (κ2) is 5.27. The predicted molar refractivity (Wildman–Crippen MR) is 80.6 cm³/mol. The molecule has 1 aromatic heterocycles. The molecule has 1 unspecified atom stereocenters. The Morgan fingerprint density at radius 2 is 2.10 bits per heavy atom. The first kappa shape index (κ1) is 13.2. The normalized spacial score (nSPS) is 21.0.